The Bertz CT molecular complexity index is 508. The molecule has 1 amide bonds. The number of aliphatic carboxylic acids is 1. The molecule has 1 aromatic carbocycles. The maximum atomic E-state index is 11.7. The van der Waals surface area contributed by atoms with Crippen LogP contribution in [0.4, 0.5) is 0 Å². The molecule has 6 nitrogen and oxygen atoms in total. The summed E-state index contributed by atoms with van der Waals surface area (Å²) in [4.78, 5) is 22.5. The lowest BCUT2D eigenvalue weighted by Crippen LogP contribution is -2.46. The maximum Gasteiger partial charge on any atom is 0.337 e. The average molecular weight is 309 g/mol. The van der Waals surface area contributed by atoms with Gasteiger partial charge in [0, 0.05) is 0 Å². The van der Waals surface area contributed by atoms with Gasteiger partial charge in [-0.3, -0.25) is 4.79 Å². The van der Waals surface area contributed by atoms with E-state index in [9.17, 15) is 14.7 Å². The second kappa shape index (κ2) is 7.79. The third-order valence-corrected chi connectivity index (χ3v) is 2.96. The maximum absolute atomic E-state index is 11.7. The molecule has 0 aliphatic heterocycles. The van der Waals surface area contributed by atoms with Gasteiger partial charge in [0.15, 0.2) is 5.60 Å². The van der Waals surface area contributed by atoms with Crippen molar-refractivity contribution in [3.05, 3.63) is 29.8 Å². The highest BCUT2D eigenvalue weighted by Crippen LogP contribution is 2.13. The summed E-state index contributed by atoms with van der Waals surface area (Å²) in [5.74, 6) is -0.545. The van der Waals surface area contributed by atoms with Gasteiger partial charge in [0.2, 0.25) is 5.91 Å². The zero-order chi connectivity index (χ0) is 16.8. The SMILES string of the molecule is CC(C)COc1ccc(CC(=O)NCC(C)(O)C(=O)O)cc1. The Morgan fingerprint density at radius 2 is 1.86 bits per heavy atom. The monoisotopic (exact) mass is 309 g/mol. The Labute approximate surface area is 130 Å². The van der Waals surface area contributed by atoms with Crippen molar-refractivity contribution < 1.29 is 24.5 Å². The van der Waals surface area contributed by atoms with Crippen LogP contribution in [0.25, 0.3) is 0 Å². The zero-order valence-corrected chi connectivity index (χ0v) is 13.1. The Kier molecular flexibility index (Phi) is 6.37. The Balaban J connectivity index is 2.46. The van der Waals surface area contributed by atoms with Crippen LogP contribution in [0, 0.1) is 5.92 Å². The van der Waals surface area contributed by atoms with Crippen molar-refractivity contribution in [3.63, 3.8) is 0 Å². The number of aliphatic hydroxyl groups is 1. The number of hydrogen-bond donors (Lipinski definition) is 3. The van der Waals surface area contributed by atoms with E-state index in [1.165, 1.54) is 0 Å². The Morgan fingerprint density at radius 3 is 2.36 bits per heavy atom. The first kappa shape index (κ1) is 18.0. The molecule has 0 aliphatic carbocycles. The predicted octanol–water partition coefficient (Wildman–Crippen LogP) is 1.22. The summed E-state index contributed by atoms with van der Waals surface area (Å²) >= 11 is 0. The van der Waals surface area contributed by atoms with Crippen LogP contribution in [0.3, 0.4) is 0 Å². The lowest BCUT2D eigenvalue weighted by molar-refractivity contribution is -0.156. The number of rotatable bonds is 8. The molecule has 0 spiro atoms. The number of carboxylic acids is 1. The highest BCUT2D eigenvalue weighted by Gasteiger charge is 2.30. The van der Waals surface area contributed by atoms with Crippen LogP contribution in [0.2, 0.25) is 0 Å². The topological polar surface area (TPSA) is 95.9 Å². The van der Waals surface area contributed by atoms with Crippen molar-refractivity contribution in [1.29, 1.82) is 0 Å². The summed E-state index contributed by atoms with van der Waals surface area (Å²) in [6.07, 6.45) is 0.111. The van der Waals surface area contributed by atoms with Gasteiger partial charge in [0.05, 0.1) is 19.6 Å². The first-order valence-electron chi connectivity index (χ1n) is 7.15. The molecule has 122 valence electrons. The fourth-order valence-corrected chi connectivity index (χ4v) is 1.56. The lowest BCUT2D eigenvalue weighted by Gasteiger charge is -2.18. The van der Waals surface area contributed by atoms with Crippen LogP contribution in [0.15, 0.2) is 24.3 Å². The van der Waals surface area contributed by atoms with Gasteiger partial charge >= 0.3 is 5.97 Å². The second-order valence-electron chi connectivity index (χ2n) is 5.88. The molecule has 0 aromatic heterocycles. The van der Waals surface area contributed by atoms with Crippen molar-refractivity contribution in [1.82, 2.24) is 5.32 Å². The van der Waals surface area contributed by atoms with Gasteiger partial charge in [-0.05, 0) is 30.5 Å². The second-order valence-corrected chi connectivity index (χ2v) is 5.88. The number of ether oxygens (including phenoxy) is 1. The summed E-state index contributed by atoms with van der Waals surface area (Å²) in [5, 5.41) is 20.7. The molecule has 6 heteroatoms. The smallest absolute Gasteiger partial charge is 0.337 e. The van der Waals surface area contributed by atoms with E-state index in [0.717, 1.165) is 18.2 Å². The quantitative estimate of drug-likeness (QED) is 0.671. The number of carboxylic acid groups (broad SMARTS) is 1. The van der Waals surface area contributed by atoms with Crippen molar-refractivity contribution >= 4 is 11.9 Å². The molecule has 0 heterocycles. The number of benzene rings is 1. The van der Waals surface area contributed by atoms with Gasteiger partial charge in [-0.15, -0.1) is 0 Å². The van der Waals surface area contributed by atoms with Gasteiger partial charge in [-0.1, -0.05) is 26.0 Å². The van der Waals surface area contributed by atoms with E-state index in [1.54, 1.807) is 24.3 Å². The summed E-state index contributed by atoms with van der Waals surface area (Å²) in [6.45, 7) is 5.55. The summed E-state index contributed by atoms with van der Waals surface area (Å²) in [5.41, 5.74) is -1.19. The molecule has 0 aliphatic rings. The van der Waals surface area contributed by atoms with Crippen molar-refractivity contribution in [2.45, 2.75) is 32.8 Å². The summed E-state index contributed by atoms with van der Waals surface area (Å²) < 4.78 is 5.55. The third-order valence-electron chi connectivity index (χ3n) is 2.96. The average Bonchev–Trinajstić information content (AvgIpc) is 2.44. The molecule has 0 saturated carbocycles. The van der Waals surface area contributed by atoms with Gasteiger partial charge < -0.3 is 20.3 Å². The molecular formula is C16H23NO5. The van der Waals surface area contributed by atoms with Crippen molar-refractivity contribution in [2.75, 3.05) is 13.2 Å². The number of carbonyl (C=O) groups excluding carboxylic acids is 1. The lowest BCUT2D eigenvalue weighted by atomic mass is 10.1. The molecule has 0 fully saturated rings. The van der Waals surface area contributed by atoms with Crippen LogP contribution in [0.5, 0.6) is 5.75 Å². The fraction of sp³-hybridized carbons (Fsp3) is 0.500. The number of carbonyl (C=O) groups is 2. The standard InChI is InChI=1S/C16H23NO5/c1-11(2)9-22-13-6-4-12(5-7-13)8-14(18)17-10-16(3,21)15(19)20/h4-7,11,21H,8-10H2,1-3H3,(H,17,18)(H,19,20). The Hall–Kier alpha value is -2.08. The molecule has 1 unspecified atom stereocenters. The highest BCUT2D eigenvalue weighted by molar-refractivity contribution is 5.81. The largest absolute Gasteiger partial charge is 0.493 e. The molecule has 0 saturated heterocycles. The van der Waals surface area contributed by atoms with E-state index in [1.807, 2.05) is 0 Å². The molecule has 1 aromatic rings. The first-order valence-corrected chi connectivity index (χ1v) is 7.15. The van der Waals surface area contributed by atoms with Crippen LogP contribution in [-0.2, 0) is 16.0 Å². The van der Waals surface area contributed by atoms with Gasteiger partial charge in [0.25, 0.3) is 0 Å². The zero-order valence-electron chi connectivity index (χ0n) is 13.1. The highest BCUT2D eigenvalue weighted by atomic mass is 16.5. The molecule has 3 N–H and O–H groups in total. The van der Waals surface area contributed by atoms with Crippen LogP contribution < -0.4 is 10.1 Å². The predicted molar refractivity (Wildman–Crippen MR) is 81.7 cm³/mol. The fourth-order valence-electron chi connectivity index (χ4n) is 1.56. The molecule has 1 atom stereocenters. The van der Waals surface area contributed by atoms with Crippen LogP contribution in [-0.4, -0.2) is 40.8 Å². The molecule has 22 heavy (non-hydrogen) atoms. The van der Waals surface area contributed by atoms with Crippen molar-refractivity contribution in [3.8, 4) is 5.75 Å². The van der Waals surface area contributed by atoms with Gasteiger partial charge in [-0.25, -0.2) is 4.79 Å². The van der Waals surface area contributed by atoms with Crippen molar-refractivity contribution in [2.24, 2.45) is 5.92 Å². The van der Waals surface area contributed by atoms with E-state index >= 15 is 0 Å². The minimum Gasteiger partial charge on any atom is -0.493 e. The Morgan fingerprint density at radius 1 is 1.27 bits per heavy atom. The van der Waals surface area contributed by atoms with E-state index in [0.29, 0.717) is 12.5 Å². The minimum absolute atomic E-state index is 0.111. The van der Waals surface area contributed by atoms with E-state index in [-0.39, 0.29) is 18.9 Å². The number of amides is 1. The third kappa shape index (κ3) is 6.13. The molecule has 0 radical (unpaired) electrons. The molecular weight excluding hydrogens is 286 g/mol. The summed E-state index contributed by atoms with van der Waals surface area (Å²) in [7, 11) is 0. The molecule has 0 bridgehead atoms. The molecule has 1 rings (SSSR count). The van der Waals surface area contributed by atoms with E-state index in [2.05, 4.69) is 19.2 Å². The number of nitrogens with one attached hydrogen (secondary N) is 1. The minimum atomic E-state index is -1.97. The number of hydrogen-bond acceptors (Lipinski definition) is 4. The normalized spacial score (nSPS) is 13.5. The van der Waals surface area contributed by atoms with E-state index in [4.69, 9.17) is 9.84 Å². The van der Waals surface area contributed by atoms with E-state index < -0.39 is 11.6 Å². The summed E-state index contributed by atoms with van der Waals surface area (Å²) in [6, 6.07) is 7.14. The van der Waals surface area contributed by atoms with Gasteiger partial charge in [0.1, 0.15) is 5.75 Å². The van der Waals surface area contributed by atoms with Gasteiger partial charge in [-0.2, -0.15) is 0 Å². The van der Waals surface area contributed by atoms with Crippen LogP contribution >= 0.6 is 0 Å². The first-order chi connectivity index (χ1) is 10.2. The van der Waals surface area contributed by atoms with Crippen LogP contribution in [0.1, 0.15) is 26.3 Å².